The van der Waals surface area contributed by atoms with Crippen LogP contribution in [0.1, 0.15) is 101 Å². The monoisotopic (exact) mass is 1110 g/mol. The van der Waals surface area contributed by atoms with E-state index in [4.69, 9.17) is 24.2 Å². The molecule has 80 heavy (non-hydrogen) atoms. The topological polar surface area (TPSA) is 198 Å². The quantitative estimate of drug-likeness (QED) is 0.0674. The molecule has 4 aromatic heterocycles. The van der Waals surface area contributed by atoms with Crippen molar-refractivity contribution < 1.29 is 33.5 Å². The Morgan fingerprint density at radius 1 is 0.938 bits per heavy atom. The number of aromatic hydroxyl groups is 1. The number of nitrogens with one attached hydrogen (secondary N) is 2. The van der Waals surface area contributed by atoms with Crippen molar-refractivity contribution in [3.63, 3.8) is 0 Å². The van der Waals surface area contributed by atoms with E-state index in [2.05, 4.69) is 42.4 Å². The molecule has 2 amide bonds. The molecule has 5 aliphatic rings. The summed E-state index contributed by atoms with van der Waals surface area (Å²) < 4.78 is 29.4. The number of aliphatic hydroxyl groups excluding tert-OH is 1. The number of aliphatic hydroxyl groups is 1. The van der Waals surface area contributed by atoms with Gasteiger partial charge in [-0.25, -0.2) is 9.37 Å². The van der Waals surface area contributed by atoms with Crippen molar-refractivity contribution in [3.05, 3.63) is 101 Å². The summed E-state index contributed by atoms with van der Waals surface area (Å²) in [5, 5.41) is 35.0. The number of pyridine rings is 1. The molecule has 0 spiro atoms. The molecule has 420 valence electrons. The van der Waals surface area contributed by atoms with Gasteiger partial charge in [-0.05, 0) is 117 Å². The van der Waals surface area contributed by atoms with E-state index in [-0.39, 0.29) is 59.7 Å². The summed E-state index contributed by atoms with van der Waals surface area (Å²) in [5.41, 5.74) is 6.70. The molecule has 2 bridgehead atoms. The van der Waals surface area contributed by atoms with Crippen molar-refractivity contribution in [2.75, 3.05) is 68.8 Å². The van der Waals surface area contributed by atoms with Gasteiger partial charge in [-0.1, -0.05) is 68.4 Å². The van der Waals surface area contributed by atoms with Crippen molar-refractivity contribution in [2.24, 2.45) is 17.8 Å². The van der Waals surface area contributed by atoms with Crippen LogP contribution in [0.15, 0.2) is 76.9 Å². The van der Waals surface area contributed by atoms with E-state index in [1.54, 1.807) is 29.7 Å². The molecule has 5 saturated heterocycles. The summed E-state index contributed by atoms with van der Waals surface area (Å²) in [5.74, 6) is 0.845. The van der Waals surface area contributed by atoms with Crippen LogP contribution in [0.25, 0.3) is 43.4 Å². The smallest absolute Gasteiger partial charge is 0.319 e. The number of nitrogens with zero attached hydrogens (tertiary/aromatic N) is 9. The molecule has 12 rings (SSSR count). The number of halogens is 1. The second-order valence-corrected chi connectivity index (χ2v) is 24.2. The molecule has 19 heteroatoms. The van der Waals surface area contributed by atoms with E-state index in [0.29, 0.717) is 58.9 Å². The highest BCUT2D eigenvalue weighted by Gasteiger charge is 2.44. The summed E-state index contributed by atoms with van der Waals surface area (Å²) in [7, 11) is 0. The Morgan fingerprint density at radius 3 is 2.44 bits per heavy atom. The normalized spacial score (nSPS) is 21.7. The molecule has 0 saturated carbocycles. The molecule has 7 aromatic rings. The zero-order chi connectivity index (χ0) is 55.3. The lowest BCUT2D eigenvalue weighted by Crippen LogP contribution is -2.52. The number of fused-ring (bicyclic) bond motifs is 4. The van der Waals surface area contributed by atoms with Crippen LogP contribution < -0.4 is 25.2 Å². The second-order valence-electron chi connectivity index (χ2n) is 23.4. The van der Waals surface area contributed by atoms with Crippen molar-refractivity contribution in [1.29, 1.82) is 0 Å². The van der Waals surface area contributed by atoms with Gasteiger partial charge in [0.2, 0.25) is 11.8 Å². The third-order valence-corrected chi connectivity index (χ3v) is 18.5. The largest absolute Gasteiger partial charge is 0.508 e. The Balaban J connectivity index is 0.640. The van der Waals surface area contributed by atoms with Gasteiger partial charge in [-0.3, -0.25) is 14.6 Å². The lowest BCUT2D eigenvalue weighted by Gasteiger charge is -2.43. The fourth-order valence-corrected chi connectivity index (χ4v) is 14.0. The molecular formula is C61H72FN11O6S. The Bertz CT molecular complexity index is 3380. The van der Waals surface area contributed by atoms with Gasteiger partial charge in [-0.2, -0.15) is 9.97 Å². The standard InChI is InChI=1S/C61H72FN11O6S/c1-6-39-8-7-9-42-22-45(74)23-47(53(39)42)55-54(62)56-48(26-63-55)58(72-30-43-14-15-44(31-72)66-43)68-61(67-56)78-21-18-37-16-19-70(20-17-37)27-38-28-71(29-38)51-25-50(79-69-51)52(34(2)3)60(77)73-32-46(75)24-49(73)59(76)65-35(4)40-10-12-41(13-11-40)57-36(5)64-33-80-57/h7-13,22-23,25-26,33-35,37-38,43-44,46,49,52,66,74-75H,6,14-21,24,27-32H2,1-5H3,(H,65,76)/t35-,43?,44?,46+,49-,52+/m0/s1. The number of aryl methyl sites for hydroxylation is 2. The van der Waals surface area contributed by atoms with Crippen LogP contribution in [0.4, 0.5) is 16.0 Å². The first kappa shape index (κ1) is 53.8. The number of thiazole rings is 1. The summed E-state index contributed by atoms with van der Waals surface area (Å²) >= 11 is 1.59. The average Bonchev–Trinajstić information content (AvgIpc) is 4.30. The molecule has 0 radical (unpaired) electrons. The van der Waals surface area contributed by atoms with Crippen molar-refractivity contribution >= 4 is 56.5 Å². The number of aromatic nitrogens is 5. The van der Waals surface area contributed by atoms with Crippen LogP contribution >= 0.6 is 11.3 Å². The molecule has 9 heterocycles. The number of hydrogen-bond donors (Lipinski definition) is 4. The van der Waals surface area contributed by atoms with Crippen LogP contribution in [0.3, 0.4) is 0 Å². The molecule has 6 atom stereocenters. The summed E-state index contributed by atoms with van der Waals surface area (Å²) in [6.07, 6.45) is 6.87. The Morgan fingerprint density at radius 2 is 1.71 bits per heavy atom. The summed E-state index contributed by atoms with van der Waals surface area (Å²) in [4.78, 5) is 56.6. The number of β-amino-alcohol motifs (C(OH)–C–C–N with tert-alkyl or cyclic N) is 1. The number of anilines is 2. The van der Waals surface area contributed by atoms with Gasteiger partial charge in [-0.15, -0.1) is 11.3 Å². The van der Waals surface area contributed by atoms with Crippen LogP contribution in [0.2, 0.25) is 0 Å². The first-order chi connectivity index (χ1) is 38.7. The minimum absolute atomic E-state index is 0.0455. The second kappa shape index (κ2) is 22.6. The minimum atomic E-state index is -0.817. The van der Waals surface area contributed by atoms with Gasteiger partial charge in [0.1, 0.15) is 34.7 Å². The molecule has 5 fully saturated rings. The Labute approximate surface area is 469 Å². The van der Waals surface area contributed by atoms with Gasteiger partial charge < -0.3 is 49.7 Å². The number of piperidine rings is 1. The first-order valence-electron chi connectivity index (χ1n) is 28.7. The maximum Gasteiger partial charge on any atom is 0.319 e. The zero-order valence-electron chi connectivity index (χ0n) is 46.3. The SMILES string of the molecule is CCc1cccc2cc(O)cc(-c3ncc4c(N5CC6CCC(C5)N6)nc(OCCC5CCN(CC6CN(c7cc([C@H](C(=O)N8C[C@H](O)C[C@H]8C(=O)N[C@@H](C)c8ccc(-c9scnc9C)cc8)C(C)C)on7)C6)CC5)nc4c3F)c12. The maximum absolute atomic E-state index is 17.1. The minimum Gasteiger partial charge on any atom is -0.508 e. The van der Waals surface area contributed by atoms with Crippen LogP contribution in [0.5, 0.6) is 11.8 Å². The molecule has 5 aliphatic heterocycles. The number of piperazine rings is 1. The van der Waals surface area contributed by atoms with Gasteiger partial charge >= 0.3 is 6.01 Å². The molecule has 2 unspecified atom stereocenters. The Kier molecular flexibility index (Phi) is 15.2. The van der Waals surface area contributed by atoms with Gasteiger partial charge in [0.05, 0.1) is 40.2 Å². The lowest BCUT2D eigenvalue weighted by atomic mass is 9.91. The predicted molar refractivity (Wildman–Crippen MR) is 307 cm³/mol. The molecule has 4 N–H and O–H groups in total. The van der Waals surface area contributed by atoms with Crippen molar-refractivity contribution in [2.45, 2.75) is 116 Å². The van der Waals surface area contributed by atoms with Crippen LogP contribution in [-0.2, 0) is 16.0 Å². The predicted octanol–water partition coefficient (Wildman–Crippen LogP) is 8.81. The van der Waals surface area contributed by atoms with Gasteiger partial charge in [0, 0.05) is 81.5 Å². The third kappa shape index (κ3) is 10.8. The highest BCUT2D eigenvalue weighted by molar-refractivity contribution is 7.13. The number of hydrogen-bond acceptors (Lipinski definition) is 16. The summed E-state index contributed by atoms with van der Waals surface area (Å²) in [6.45, 7) is 16.5. The van der Waals surface area contributed by atoms with Crippen molar-refractivity contribution in [3.8, 4) is 33.5 Å². The third-order valence-electron chi connectivity index (χ3n) is 17.5. The number of amides is 2. The number of carbonyl (C=O) groups is 2. The number of rotatable bonds is 17. The van der Waals surface area contributed by atoms with Gasteiger partial charge in [0.15, 0.2) is 17.4 Å². The van der Waals surface area contributed by atoms with E-state index in [0.717, 1.165) is 122 Å². The molecular weight excluding hydrogens is 1030 g/mol. The number of likely N-dealkylation sites (tertiary alicyclic amines) is 2. The van der Waals surface area contributed by atoms with E-state index in [9.17, 15) is 19.8 Å². The number of ether oxygens (including phenoxy) is 1. The fourth-order valence-electron chi connectivity index (χ4n) is 13.2. The van der Waals surface area contributed by atoms with E-state index >= 15 is 4.39 Å². The van der Waals surface area contributed by atoms with Crippen molar-refractivity contribution in [1.82, 2.24) is 45.5 Å². The van der Waals surface area contributed by atoms with E-state index < -0.39 is 23.9 Å². The fraction of sp³-hybridized carbons (Fsp3) is 0.492. The number of phenols is 1. The molecule has 3 aromatic carbocycles. The lowest BCUT2D eigenvalue weighted by molar-refractivity contribution is -0.141. The van der Waals surface area contributed by atoms with Crippen LogP contribution in [-0.4, -0.2) is 140 Å². The van der Waals surface area contributed by atoms with Gasteiger partial charge in [0.25, 0.3) is 0 Å². The highest BCUT2D eigenvalue weighted by atomic mass is 32.1. The summed E-state index contributed by atoms with van der Waals surface area (Å²) in [6, 6.07) is 18.9. The Hall–Kier alpha value is -6.80. The maximum atomic E-state index is 17.1. The molecule has 0 aliphatic carbocycles. The number of carbonyl (C=O) groups excluding carboxylic acids is 2. The number of benzene rings is 3. The van der Waals surface area contributed by atoms with E-state index in [1.165, 1.54) is 4.90 Å². The highest BCUT2D eigenvalue weighted by Crippen LogP contribution is 2.40. The number of phenolic OH excluding ortho intramolecular Hbond substituents is 1. The zero-order valence-corrected chi connectivity index (χ0v) is 47.1. The average molecular weight is 1110 g/mol. The first-order valence-corrected chi connectivity index (χ1v) is 29.6. The molecule has 17 nitrogen and oxygen atoms in total. The van der Waals surface area contributed by atoms with E-state index in [1.807, 2.05) is 81.7 Å². The van der Waals surface area contributed by atoms with Crippen LogP contribution in [0, 0.1) is 30.5 Å².